The molecule has 21 heavy (non-hydrogen) atoms. The number of halogens is 1. The lowest BCUT2D eigenvalue weighted by atomic mass is 9.85. The number of anilines is 1. The van der Waals surface area contributed by atoms with Gasteiger partial charge in [0.05, 0.1) is 11.2 Å². The average molecular weight is 311 g/mol. The van der Waals surface area contributed by atoms with E-state index in [0.29, 0.717) is 22.7 Å². The summed E-state index contributed by atoms with van der Waals surface area (Å²) in [7, 11) is 1.94. The fourth-order valence-electron chi connectivity index (χ4n) is 3.35. The smallest absolute Gasteiger partial charge is 0.291 e. The van der Waals surface area contributed by atoms with E-state index in [1.807, 2.05) is 7.05 Å². The van der Waals surface area contributed by atoms with E-state index in [4.69, 9.17) is 11.6 Å². The SMILES string of the molecule is CNCC1CCCN1c1c(Cl)cnn(CC2CCC2)c1=O. The Kier molecular flexibility index (Phi) is 4.50. The Labute approximate surface area is 130 Å². The maximum atomic E-state index is 12.8. The van der Waals surface area contributed by atoms with Crippen LogP contribution in [0.5, 0.6) is 0 Å². The third-order valence-corrected chi connectivity index (χ3v) is 5.01. The van der Waals surface area contributed by atoms with Crippen molar-refractivity contribution >= 4 is 17.3 Å². The second-order valence-corrected chi connectivity index (χ2v) is 6.58. The van der Waals surface area contributed by atoms with E-state index in [2.05, 4.69) is 15.3 Å². The molecule has 2 heterocycles. The lowest BCUT2D eigenvalue weighted by Gasteiger charge is -2.28. The molecule has 1 saturated heterocycles. The third kappa shape index (κ3) is 2.94. The molecule has 2 fully saturated rings. The second kappa shape index (κ2) is 6.36. The largest absolute Gasteiger partial charge is 0.362 e. The molecule has 5 nitrogen and oxygen atoms in total. The van der Waals surface area contributed by atoms with E-state index in [1.165, 1.54) is 19.3 Å². The molecule has 6 heteroatoms. The van der Waals surface area contributed by atoms with Crippen molar-refractivity contribution in [2.75, 3.05) is 25.0 Å². The van der Waals surface area contributed by atoms with Gasteiger partial charge in [0.25, 0.3) is 5.56 Å². The van der Waals surface area contributed by atoms with Crippen LogP contribution >= 0.6 is 11.6 Å². The van der Waals surface area contributed by atoms with Crippen LogP contribution < -0.4 is 15.8 Å². The summed E-state index contributed by atoms with van der Waals surface area (Å²) in [6, 6.07) is 0.347. The van der Waals surface area contributed by atoms with Crippen LogP contribution in [-0.4, -0.2) is 36.0 Å². The molecule has 1 atom stereocenters. The number of hydrogen-bond acceptors (Lipinski definition) is 4. The van der Waals surface area contributed by atoms with Crippen molar-refractivity contribution in [1.29, 1.82) is 0 Å². The molecular formula is C15H23ClN4O. The molecule has 0 bridgehead atoms. The van der Waals surface area contributed by atoms with Crippen LogP contribution in [0.2, 0.25) is 5.02 Å². The van der Waals surface area contributed by atoms with Gasteiger partial charge in [-0.3, -0.25) is 4.79 Å². The van der Waals surface area contributed by atoms with Gasteiger partial charge in [0.15, 0.2) is 0 Å². The van der Waals surface area contributed by atoms with Gasteiger partial charge in [-0.05, 0) is 38.6 Å². The molecule has 0 radical (unpaired) electrons. The normalized spacial score (nSPS) is 22.6. The van der Waals surface area contributed by atoms with Crippen LogP contribution in [0.4, 0.5) is 5.69 Å². The van der Waals surface area contributed by atoms with Gasteiger partial charge in [0.1, 0.15) is 5.69 Å². The summed E-state index contributed by atoms with van der Waals surface area (Å²) >= 11 is 6.29. The quantitative estimate of drug-likeness (QED) is 0.902. The summed E-state index contributed by atoms with van der Waals surface area (Å²) in [5, 5.41) is 7.92. The van der Waals surface area contributed by atoms with Crippen molar-refractivity contribution in [2.24, 2.45) is 5.92 Å². The topological polar surface area (TPSA) is 50.2 Å². The van der Waals surface area contributed by atoms with E-state index >= 15 is 0 Å². The molecule has 1 N–H and O–H groups in total. The zero-order chi connectivity index (χ0) is 14.8. The van der Waals surface area contributed by atoms with Gasteiger partial charge >= 0.3 is 0 Å². The summed E-state index contributed by atoms with van der Waals surface area (Å²) in [6.07, 6.45) is 7.52. The first-order chi connectivity index (χ1) is 10.2. The highest BCUT2D eigenvalue weighted by atomic mass is 35.5. The number of likely N-dealkylation sites (N-methyl/N-ethyl adjacent to an activating group) is 1. The Morgan fingerprint density at radius 2 is 2.19 bits per heavy atom. The number of nitrogens with zero attached hydrogens (tertiary/aromatic N) is 3. The zero-order valence-electron chi connectivity index (χ0n) is 12.5. The first-order valence-corrected chi connectivity index (χ1v) is 8.25. The predicted octanol–water partition coefficient (Wildman–Crippen LogP) is 1.88. The molecule has 0 aromatic carbocycles. The van der Waals surface area contributed by atoms with Gasteiger partial charge in [-0.2, -0.15) is 5.10 Å². The molecule has 2 aliphatic rings. The molecule has 1 unspecified atom stereocenters. The molecule has 1 aliphatic heterocycles. The Balaban J connectivity index is 1.89. The van der Waals surface area contributed by atoms with Gasteiger partial charge in [-0.1, -0.05) is 18.0 Å². The van der Waals surface area contributed by atoms with Gasteiger partial charge in [-0.15, -0.1) is 0 Å². The van der Waals surface area contributed by atoms with E-state index < -0.39 is 0 Å². The third-order valence-electron chi connectivity index (χ3n) is 4.73. The van der Waals surface area contributed by atoms with E-state index in [1.54, 1.807) is 10.9 Å². The van der Waals surface area contributed by atoms with Crippen molar-refractivity contribution in [3.05, 3.63) is 21.6 Å². The van der Waals surface area contributed by atoms with Gasteiger partial charge in [-0.25, -0.2) is 4.68 Å². The van der Waals surface area contributed by atoms with Gasteiger partial charge < -0.3 is 10.2 Å². The number of nitrogens with one attached hydrogen (secondary N) is 1. The summed E-state index contributed by atoms with van der Waals surface area (Å²) in [5.74, 6) is 0.607. The summed E-state index contributed by atoms with van der Waals surface area (Å²) in [6.45, 7) is 2.50. The van der Waals surface area contributed by atoms with Crippen LogP contribution in [0, 0.1) is 5.92 Å². The molecule has 1 aromatic heterocycles. The fraction of sp³-hybridized carbons (Fsp3) is 0.733. The van der Waals surface area contributed by atoms with Crippen LogP contribution in [-0.2, 0) is 6.54 Å². The first-order valence-electron chi connectivity index (χ1n) is 7.87. The molecular weight excluding hydrogens is 288 g/mol. The van der Waals surface area contributed by atoms with Crippen molar-refractivity contribution in [2.45, 2.75) is 44.7 Å². The van der Waals surface area contributed by atoms with Crippen molar-refractivity contribution in [3.63, 3.8) is 0 Å². The fourth-order valence-corrected chi connectivity index (χ4v) is 3.58. The van der Waals surface area contributed by atoms with Crippen LogP contribution in [0.1, 0.15) is 32.1 Å². The van der Waals surface area contributed by atoms with Crippen molar-refractivity contribution in [1.82, 2.24) is 15.1 Å². The van der Waals surface area contributed by atoms with Crippen LogP contribution in [0.25, 0.3) is 0 Å². The average Bonchev–Trinajstić information content (AvgIpc) is 2.85. The van der Waals surface area contributed by atoms with Gasteiger partial charge in [0.2, 0.25) is 0 Å². The Morgan fingerprint density at radius 3 is 2.86 bits per heavy atom. The van der Waals surface area contributed by atoms with Crippen molar-refractivity contribution in [3.8, 4) is 0 Å². The highest BCUT2D eigenvalue weighted by molar-refractivity contribution is 6.33. The molecule has 0 spiro atoms. The van der Waals surface area contributed by atoms with Crippen LogP contribution in [0.15, 0.2) is 11.0 Å². The Hall–Kier alpha value is -1.07. The lowest BCUT2D eigenvalue weighted by molar-refractivity contribution is 0.261. The highest BCUT2D eigenvalue weighted by Gasteiger charge is 2.29. The standard InChI is InChI=1S/C15H23ClN4O/c1-17-8-12-6-3-7-19(12)14-13(16)9-18-20(15(14)21)10-11-4-2-5-11/h9,11-12,17H,2-8,10H2,1H3. The minimum absolute atomic E-state index is 0.0302. The summed E-state index contributed by atoms with van der Waals surface area (Å²) < 4.78 is 1.61. The van der Waals surface area contributed by atoms with Crippen LogP contribution in [0.3, 0.4) is 0 Å². The molecule has 1 aromatic rings. The lowest BCUT2D eigenvalue weighted by Crippen LogP contribution is -2.41. The summed E-state index contributed by atoms with van der Waals surface area (Å²) in [4.78, 5) is 14.9. The van der Waals surface area contributed by atoms with E-state index in [-0.39, 0.29) is 5.56 Å². The minimum Gasteiger partial charge on any atom is -0.362 e. The maximum absolute atomic E-state index is 12.8. The number of rotatable bonds is 5. The molecule has 3 rings (SSSR count). The van der Waals surface area contributed by atoms with E-state index in [0.717, 1.165) is 32.5 Å². The second-order valence-electron chi connectivity index (χ2n) is 6.17. The Morgan fingerprint density at radius 1 is 1.38 bits per heavy atom. The van der Waals surface area contributed by atoms with Crippen molar-refractivity contribution < 1.29 is 0 Å². The molecule has 116 valence electrons. The zero-order valence-corrected chi connectivity index (χ0v) is 13.3. The maximum Gasteiger partial charge on any atom is 0.291 e. The predicted molar refractivity (Wildman–Crippen MR) is 85.1 cm³/mol. The molecule has 1 aliphatic carbocycles. The first kappa shape index (κ1) is 14.9. The number of aromatic nitrogens is 2. The monoisotopic (exact) mass is 310 g/mol. The number of hydrogen-bond donors (Lipinski definition) is 1. The van der Waals surface area contributed by atoms with E-state index in [9.17, 15) is 4.79 Å². The highest BCUT2D eigenvalue weighted by Crippen LogP contribution is 2.30. The van der Waals surface area contributed by atoms with Gasteiger partial charge in [0, 0.05) is 25.7 Å². The molecule has 0 amide bonds. The summed E-state index contributed by atoms with van der Waals surface area (Å²) in [5.41, 5.74) is 0.612. The minimum atomic E-state index is -0.0302. The Bertz CT molecular complexity index is 555. The molecule has 1 saturated carbocycles.